The first kappa shape index (κ1) is 17.5. The van der Waals surface area contributed by atoms with Crippen molar-refractivity contribution in [1.29, 1.82) is 0 Å². The third-order valence-electron chi connectivity index (χ3n) is 4.57. The number of hydrogen-bond acceptors (Lipinski definition) is 7. The first-order chi connectivity index (χ1) is 13.1. The van der Waals surface area contributed by atoms with E-state index in [2.05, 4.69) is 15.4 Å². The summed E-state index contributed by atoms with van der Waals surface area (Å²) in [5.74, 6) is 0.505. The van der Waals surface area contributed by atoms with Crippen molar-refractivity contribution in [2.45, 2.75) is 25.8 Å². The number of aromatic nitrogens is 3. The van der Waals surface area contributed by atoms with Crippen LogP contribution in [0.15, 0.2) is 35.3 Å². The molecule has 9 heteroatoms. The predicted octanol–water partition coefficient (Wildman–Crippen LogP) is 2.08. The molecule has 8 nitrogen and oxygen atoms in total. The summed E-state index contributed by atoms with van der Waals surface area (Å²) in [6.07, 6.45) is 3.07. The van der Waals surface area contributed by atoms with E-state index in [1.807, 2.05) is 30.0 Å². The van der Waals surface area contributed by atoms with E-state index in [-0.39, 0.29) is 17.5 Å². The van der Waals surface area contributed by atoms with Crippen LogP contribution in [0.25, 0.3) is 4.96 Å². The molecule has 2 aromatic heterocycles. The first-order valence-electron chi connectivity index (χ1n) is 8.64. The highest BCUT2D eigenvalue weighted by molar-refractivity contribution is 7.20. The number of ether oxygens (including phenoxy) is 1. The van der Waals surface area contributed by atoms with Crippen LogP contribution in [0.4, 0.5) is 10.8 Å². The van der Waals surface area contributed by atoms with Crippen LogP contribution in [0.1, 0.15) is 18.4 Å². The SMILES string of the molecule is COc1ccc(C)cc1NC(=O)C1CCCN1c1nn2c(=O)ccnc2s1. The maximum absolute atomic E-state index is 12.9. The van der Waals surface area contributed by atoms with Gasteiger partial charge >= 0.3 is 0 Å². The number of hydrogen-bond donors (Lipinski definition) is 1. The van der Waals surface area contributed by atoms with E-state index >= 15 is 0 Å². The largest absolute Gasteiger partial charge is 0.495 e. The Bertz CT molecular complexity index is 1060. The lowest BCUT2D eigenvalue weighted by Crippen LogP contribution is -2.39. The number of methoxy groups -OCH3 is 1. The van der Waals surface area contributed by atoms with Gasteiger partial charge in [-0.25, -0.2) is 4.98 Å². The van der Waals surface area contributed by atoms with E-state index in [4.69, 9.17) is 4.74 Å². The molecule has 1 aromatic carbocycles. The number of rotatable bonds is 4. The van der Waals surface area contributed by atoms with Gasteiger partial charge in [0, 0.05) is 18.8 Å². The molecule has 1 atom stereocenters. The van der Waals surface area contributed by atoms with E-state index in [9.17, 15) is 9.59 Å². The Kier molecular flexibility index (Phi) is 4.53. The molecule has 1 N–H and O–H groups in total. The minimum Gasteiger partial charge on any atom is -0.495 e. The minimum absolute atomic E-state index is 0.115. The highest BCUT2D eigenvalue weighted by atomic mass is 32.1. The molecule has 4 rings (SSSR count). The van der Waals surface area contributed by atoms with Crippen molar-refractivity contribution in [3.8, 4) is 5.75 Å². The lowest BCUT2D eigenvalue weighted by atomic mass is 10.1. The van der Waals surface area contributed by atoms with Crippen molar-refractivity contribution in [2.24, 2.45) is 0 Å². The molecule has 0 aliphatic carbocycles. The molecular formula is C18H19N5O3S. The van der Waals surface area contributed by atoms with Crippen LogP contribution in [0.5, 0.6) is 5.75 Å². The first-order valence-corrected chi connectivity index (χ1v) is 9.45. The number of fused-ring (bicyclic) bond motifs is 1. The highest BCUT2D eigenvalue weighted by Gasteiger charge is 2.33. The Balaban J connectivity index is 1.61. The molecule has 1 fully saturated rings. The van der Waals surface area contributed by atoms with Crippen LogP contribution >= 0.6 is 11.3 Å². The number of nitrogens with zero attached hydrogens (tertiary/aromatic N) is 4. The quantitative estimate of drug-likeness (QED) is 0.740. The van der Waals surface area contributed by atoms with Gasteiger partial charge in [-0.05, 0) is 37.5 Å². The Hall–Kier alpha value is -2.94. The zero-order chi connectivity index (χ0) is 19.0. The number of amides is 1. The summed E-state index contributed by atoms with van der Waals surface area (Å²) in [6, 6.07) is 6.67. The summed E-state index contributed by atoms with van der Waals surface area (Å²) in [7, 11) is 1.58. The van der Waals surface area contributed by atoms with Gasteiger partial charge in [0.15, 0.2) is 0 Å². The molecule has 0 bridgehead atoms. The van der Waals surface area contributed by atoms with Crippen molar-refractivity contribution < 1.29 is 9.53 Å². The Morgan fingerprint density at radius 2 is 2.22 bits per heavy atom. The molecule has 0 radical (unpaired) electrons. The molecule has 1 saturated heterocycles. The average molecular weight is 385 g/mol. The summed E-state index contributed by atoms with van der Waals surface area (Å²) >= 11 is 1.31. The molecular weight excluding hydrogens is 366 g/mol. The fraction of sp³-hybridized carbons (Fsp3) is 0.333. The molecule has 3 heterocycles. The molecule has 3 aromatic rings. The van der Waals surface area contributed by atoms with E-state index in [0.29, 0.717) is 28.1 Å². The van der Waals surface area contributed by atoms with Crippen molar-refractivity contribution in [1.82, 2.24) is 14.6 Å². The summed E-state index contributed by atoms with van der Waals surface area (Å²) < 4.78 is 6.62. The fourth-order valence-corrected chi connectivity index (χ4v) is 4.21. The van der Waals surface area contributed by atoms with Gasteiger partial charge in [-0.3, -0.25) is 9.59 Å². The van der Waals surface area contributed by atoms with Gasteiger partial charge in [0.2, 0.25) is 16.0 Å². The van der Waals surface area contributed by atoms with Crippen molar-refractivity contribution in [3.05, 3.63) is 46.4 Å². The summed E-state index contributed by atoms with van der Waals surface area (Å²) in [6.45, 7) is 2.67. The van der Waals surface area contributed by atoms with Crippen molar-refractivity contribution in [2.75, 3.05) is 23.9 Å². The Labute approximate surface area is 159 Å². The zero-order valence-electron chi connectivity index (χ0n) is 15.0. The van der Waals surface area contributed by atoms with Gasteiger partial charge in [-0.2, -0.15) is 4.52 Å². The average Bonchev–Trinajstić information content (AvgIpc) is 3.29. The monoisotopic (exact) mass is 385 g/mol. The third-order valence-corrected chi connectivity index (χ3v) is 5.53. The standard InChI is InChI=1S/C18H19N5O3S/c1-11-5-6-14(26-2)12(10-11)20-16(25)13-4-3-9-22(13)18-21-23-15(24)7-8-19-17(23)27-18/h5-8,10,13H,3-4,9H2,1-2H3,(H,20,25). The van der Waals surface area contributed by atoms with Crippen LogP contribution in [-0.4, -0.2) is 40.2 Å². The van der Waals surface area contributed by atoms with Crippen LogP contribution in [-0.2, 0) is 4.79 Å². The van der Waals surface area contributed by atoms with E-state index in [1.165, 1.54) is 28.1 Å². The van der Waals surface area contributed by atoms with Crippen LogP contribution in [0.2, 0.25) is 0 Å². The van der Waals surface area contributed by atoms with Gasteiger partial charge in [0.05, 0.1) is 12.8 Å². The maximum atomic E-state index is 12.9. The number of anilines is 2. The summed E-state index contributed by atoms with van der Waals surface area (Å²) in [5, 5.41) is 7.96. The van der Waals surface area contributed by atoms with Crippen LogP contribution in [0.3, 0.4) is 0 Å². The van der Waals surface area contributed by atoms with Crippen LogP contribution < -0.4 is 20.5 Å². The van der Waals surface area contributed by atoms with Gasteiger partial charge < -0.3 is 15.0 Å². The van der Waals surface area contributed by atoms with Crippen LogP contribution in [0, 0.1) is 6.92 Å². The highest BCUT2D eigenvalue weighted by Crippen LogP contribution is 2.31. The molecule has 1 aliphatic rings. The Morgan fingerprint density at radius 3 is 3.00 bits per heavy atom. The number of carbonyl (C=O) groups excluding carboxylic acids is 1. The fourth-order valence-electron chi connectivity index (χ4n) is 3.25. The van der Waals surface area contributed by atoms with Gasteiger partial charge in [0.25, 0.3) is 5.56 Å². The summed E-state index contributed by atoms with van der Waals surface area (Å²) in [4.78, 5) is 31.5. The number of nitrogens with one attached hydrogen (secondary N) is 1. The normalized spacial score (nSPS) is 16.7. The van der Waals surface area contributed by atoms with Crippen molar-refractivity contribution >= 4 is 33.0 Å². The smallest absolute Gasteiger partial charge is 0.275 e. The predicted molar refractivity (Wildman–Crippen MR) is 104 cm³/mol. The Morgan fingerprint density at radius 1 is 1.37 bits per heavy atom. The number of benzene rings is 1. The lowest BCUT2D eigenvalue weighted by molar-refractivity contribution is -0.117. The van der Waals surface area contributed by atoms with Gasteiger partial charge in [0.1, 0.15) is 11.8 Å². The van der Waals surface area contributed by atoms with E-state index in [1.54, 1.807) is 7.11 Å². The second-order valence-corrected chi connectivity index (χ2v) is 7.34. The zero-order valence-corrected chi connectivity index (χ0v) is 15.8. The second kappa shape index (κ2) is 6.99. The number of carbonyl (C=O) groups is 1. The van der Waals surface area contributed by atoms with E-state index in [0.717, 1.165) is 18.4 Å². The molecule has 1 amide bonds. The molecule has 27 heavy (non-hydrogen) atoms. The van der Waals surface area contributed by atoms with Crippen molar-refractivity contribution in [3.63, 3.8) is 0 Å². The molecule has 0 saturated carbocycles. The van der Waals surface area contributed by atoms with E-state index < -0.39 is 0 Å². The molecule has 1 unspecified atom stereocenters. The maximum Gasteiger partial charge on any atom is 0.275 e. The van der Waals surface area contributed by atoms with Gasteiger partial charge in [-0.15, -0.1) is 5.10 Å². The molecule has 1 aliphatic heterocycles. The van der Waals surface area contributed by atoms with Gasteiger partial charge in [-0.1, -0.05) is 17.4 Å². The third kappa shape index (κ3) is 3.25. The second-order valence-electron chi connectivity index (χ2n) is 6.41. The summed E-state index contributed by atoms with van der Waals surface area (Å²) in [5.41, 5.74) is 1.45. The lowest BCUT2D eigenvalue weighted by Gasteiger charge is -2.23. The topological polar surface area (TPSA) is 88.8 Å². The minimum atomic E-state index is -0.355. The molecule has 0 spiro atoms. The number of aryl methyl sites for hydroxylation is 1. The molecule has 140 valence electrons.